The number of ether oxygens (including phenoxy) is 1. The average Bonchev–Trinajstić information content (AvgIpc) is 3.42. The zero-order chi connectivity index (χ0) is 32.7. The summed E-state index contributed by atoms with van der Waals surface area (Å²) in [6, 6.07) is 11.5. The molecule has 0 saturated heterocycles. The Hall–Kier alpha value is -4.77. The van der Waals surface area contributed by atoms with E-state index in [1.54, 1.807) is 30.5 Å². The molecule has 1 heterocycles. The molecule has 0 fully saturated rings. The van der Waals surface area contributed by atoms with Crippen LogP contribution >= 0.6 is 22.9 Å². The lowest BCUT2D eigenvalue weighted by Gasteiger charge is -2.10. The van der Waals surface area contributed by atoms with Crippen molar-refractivity contribution < 1.29 is 37.4 Å². The van der Waals surface area contributed by atoms with E-state index in [9.17, 15) is 28.1 Å². The van der Waals surface area contributed by atoms with Gasteiger partial charge in [-0.1, -0.05) is 58.3 Å². The Bertz CT molecular complexity index is 1510. The van der Waals surface area contributed by atoms with E-state index in [0.717, 1.165) is 17.0 Å². The van der Waals surface area contributed by atoms with Crippen molar-refractivity contribution in [3.63, 3.8) is 0 Å². The summed E-state index contributed by atoms with van der Waals surface area (Å²) >= 11 is 6.92. The summed E-state index contributed by atoms with van der Waals surface area (Å²) < 4.78 is 43.7. The van der Waals surface area contributed by atoms with E-state index >= 15 is 0 Å². The fourth-order valence-electron chi connectivity index (χ4n) is 3.23. The molecule has 0 saturated carbocycles. The number of carbonyl (C=O) groups is 1. The number of oxime groups is 2. The van der Waals surface area contributed by atoms with Gasteiger partial charge in [-0.3, -0.25) is 0 Å². The van der Waals surface area contributed by atoms with Crippen LogP contribution in [0.2, 0.25) is 4.47 Å². The molecule has 18 heteroatoms. The van der Waals surface area contributed by atoms with Crippen LogP contribution in [0.3, 0.4) is 0 Å². The first kappa shape index (κ1) is 35.4. The largest absolute Gasteiger partial charge is 0.464 e. The number of hydrogen-bond donors (Lipinski definition) is 2. The number of hydrazone groups is 1. The number of guanidine groups is 1. The van der Waals surface area contributed by atoms with E-state index in [-0.39, 0.29) is 29.6 Å². The van der Waals surface area contributed by atoms with Gasteiger partial charge < -0.3 is 25.0 Å². The Kier molecular flexibility index (Phi) is 14.0. The molecular formula is C26H27ClF3N7O6S. The predicted octanol–water partition coefficient (Wildman–Crippen LogP) is 4.82. The molecule has 1 aromatic heterocycles. The number of rotatable bonds is 10. The quantitative estimate of drug-likeness (QED) is 0.102. The lowest BCUT2D eigenvalue weighted by atomic mass is 10.0. The summed E-state index contributed by atoms with van der Waals surface area (Å²) in [4.78, 5) is 36.7. The van der Waals surface area contributed by atoms with Crippen molar-refractivity contribution in [2.45, 2.75) is 26.3 Å². The molecular weight excluding hydrogens is 631 g/mol. The van der Waals surface area contributed by atoms with Crippen LogP contribution in [0.15, 0.2) is 70.1 Å². The Labute approximate surface area is 258 Å². The molecule has 13 nitrogen and oxygen atoms in total. The lowest BCUT2D eigenvalue weighted by Crippen LogP contribution is -2.34. The monoisotopic (exact) mass is 657 g/mol. The smallest absolute Gasteiger partial charge is 0.416 e. The van der Waals surface area contributed by atoms with E-state index in [1.165, 1.54) is 51.7 Å². The van der Waals surface area contributed by atoms with Crippen molar-refractivity contribution in [1.29, 1.82) is 0 Å². The minimum Gasteiger partial charge on any atom is -0.464 e. The number of hydrogen-bond acceptors (Lipinski definition) is 10. The van der Waals surface area contributed by atoms with Gasteiger partial charge in [0.2, 0.25) is 0 Å². The molecule has 0 unspecified atom stereocenters. The van der Waals surface area contributed by atoms with Crippen LogP contribution in [-0.2, 0) is 38.5 Å². The molecule has 3 rings (SSSR count). The minimum absolute atomic E-state index is 0.0484. The molecule has 0 bridgehead atoms. The maximum absolute atomic E-state index is 12.9. The summed E-state index contributed by atoms with van der Waals surface area (Å²) in [5.41, 5.74) is 0.722. The highest BCUT2D eigenvalue weighted by Crippen LogP contribution is 2.29. The summed E-state index contributed by atoms with van der Waals surface area (Å²) in [6.07, 6.45) is -2.85. The van der Waals surface area contributed by atoms with Gasteiger partial charge in [0.15, 0.2) is 15.2 Å². The van der Waals surface area contributed by atoms with Gasteiger partial charge >= 0.3 is 12.1 Å². The van der Waals surface area contributed by atoms with E-state index < -0.39 is 22.7 Å². The number of methoxy groups -OCH3 is 1. The van der Waals surface area contributed by atoms with Crippen LogP contribution in [0.5, 0.6) is 0 Å². The number of thiazole rings is 1. The van der Waals surface area contributed by atoms with Gasteiger partial charge in [0.25, 0.3) is 5.96 Å². The van der Waals surface area contributed by atoms with Crippen molar-refractivity contribution in [2.75, 3.05) is 21.3 Å². The van der Waals surface area contributed by atoms with Gasteiger partial charge in [0, 0.05) is 29.2 Å². The Morgan fingerprint density at radius 2 is 1.89 bits per heavy atom. The molecule has 0 atom stereocenters. The molecule has 44 heavy (non-hydrogen) atoms. The van der Waals surface area contributed by atoms with Gasteiger partial charge in [-0.05, 0) is 24.6 Å². The van der Waals surface area contributed by atoms with Crippen molar-refractivity contribution in [2.24, 2.45) is 15.4 Å². The summed E-state index contributed by atoms with van der Waals surface area (Å²) in [5, 5.41) is 25.3. The summed E-state index contributed by atoms with van der Waals surface area (Å²) in [6.45, 7) is 1.87. The highest BCUT2D eigenvalue weighted by molar-refractivity contribution is 7.15. The second-order valence-electron chi connectivity index (χ2n) is 8.17. The average molecular weight is 658 g/mol. The van der Waals surface area contributed by atoms with Crippen LogP contribution in [0.25, 0.3) is 0 Å². The first-order chi connectivity index (χ1) is 20.9. The van der Waals surface area contributed by atoms with E-state index in [2.05, 4.69) is 31.0 Å². The van der Waals surface area contributed by atoms with Crippen molar-refractivity contribution >= 4 is 46.3 Å². The van der Waals surface area contributed by atoms with Gasteiger partial charge in [0.05, 0.1) is 24.9 Å². The molecule has 3 aromatic rings. The molecule has 0 aliphatic heterocycles. The molecule has 236 valence electrons. The number of alkyl halides is 3. The number of halogens is 4. The third-order valence-electron chi connectivity index (χ3n) is 5.24. The number of nitrogens with one attached hydrogen (secondary N) is 2. The molecule has 0 radical (unpaired) electrons. The number of aromatic nitrogens is 1. The Balaban J connectivity index is 0.000000378. The second kappa shape index (κ2) is 17.4. The van der Waals surface area contributed by atoms with Crippen molar-refractivity contribution in [3.05, 3.63) is 96.4 Å². The van der Waals surface area contributed by atoms with Crippen LogP contribution < -0.4 is 10.6 Å². The van der Waals surface area contributed by atoms with Gasteiger partial charge in [-0.25, -0.2) is 19.9 Å². The molecule has 2 aromatic carbocycles. The van der Waals surface area contributed by atoms with Gasteiger partial charge in [0.1, 0.15) is 18.8 Å². The minimum atomic E-state index is -4.44. The topological polar surface area (TPSA) is 162 Å². The number of benzene rings is 2. The Morgan fingerprint density at radius 1 is 1.16 bits per heavy atom. The van der Waals surface area contributed by atoms with Gasteiger partial charge in [-0.2, -0.15) is 13.2 Å². The Morgan fingerprint density at radius 3 is 2.48 bits per heavy atom. The molecule has 0 amide bonds. The van der Waals surface area contributed by atoms with E-state index in [0.29, 0.717) is 22.1 Å². The maximum Gasteiger partial charge on any atom is 0.416 e. The van der Waals surface area contributed by atoms with Crippen LogP contribution in [-0.4, -0.2) is 54.6 Å². The molecule has 0 spiro atoms. The number of nitrogens with zero attached hydrogens (tertiary/aromatic N) is 5. The first-order valence-corrected chi connectivity index (χ1v) is 13.5. The normalized spacial score (nSPS) is 12.0. The van der Waals surface area contributed by atoms with Crippen LogP contribution in [0.4, 0.5) is 13.2 Å². The zero-order valence-corrected chi connectivity index (χ0v) is 25.3. The number of esters is 1. The highest BCUT2D eigenvalue weighted by Gasteiger charge is 2.30. The van der Waals surface area contributed by atoms with Crippen LogP contribution in [0.1, 0.15) is 34.1 Å². The summed E-state index contributed by atoms with van der Waals surface area (Å²) in [7, 11) is 4.05. The zero-order valence-electron chi connectivity index (χ0n) is 23.7. The lowest BCUT2D eigenvalue weighted by molar-refractivity contribution is -0.485. The summed E-state index contributed by atoms with van der Waals surface area (Å²) in [5.74, 6) is -0.604. The van der Waals surface area contributed by atoms with E-state index in [1.807, 2.05) is 0 Å². The second-order valence-corrected chi connectivity index (χ2v) is 9.87. The number of carbonyl (C=O) groups excluding carboxylic acids is 1. The van der Waals surface area contributed by atoms with E-state index in [4.69, 9.17) is 26.0 Å². The number of nitro groups is 1. The first-order valence-electron chi connectivity index (χ1n) is 12.3. The standard InChI is InChI=1S/C20H19F3N2O4.C6H8ClN5O2S/c1-13(14-8-6-9-16(11-14)20(21,22)23)24-29-12-15-7-4-5-10-17(15)18(25-28-3)19(26)27-2;1-8-6(11-12(13)14)10-3-4-2-9-5(7)15-4/h4-11H,12H2,1-3H3;2H,3H2,1H3,(H2,8,10,11)/b24-13+,25-18+;. The maximum atomic E-state index is 12.9. The third-order valence-corrected chi connectivity index (χ3v) is 6.35. The fourth-order valence-corrected chi connectivity index (χ4v) is 4.14. The molecule has 0 aliphatic rings. The molecule has 2 N–H and O–H groups in total. The van der Waals surface area contributed by atoms with Crippen molar-refractivity contribution in [3.8, 4) is 0 Å². The predicted molar refractivity (Wildman–Crippen MR) is 158 cm³/mol. The third kappa shape index (κ3) is 11.5. The van der Waals surface area contributed by atoms with Crippen LogP contribution in [0, 0.1) is 10.1 Å². The molecule has 0 aliphatic carbocycles. The van der Waals surface area contributed by atoms with Crippen molar-refractivity contribution in [1.82, 2.24) is 15.6 Å². The van der Waals surface area contributed by atoms with Gasteiger partial charge in [-0.15, -0.1) is 11.3 Å². The fraction of sp³-hybridized carbons (Fsp3) is 0.269. The SMILES string of the molecule is CN/C(=N\[N+](=O)[O-])NCc1cnc(Cl)s1.CO/N=C(/C(=O)OC)c1ccccc1CO/N=C(\C)c1cccc(C(F)(F)F)c1. The highest BCUT2D eigenvalue weighted by atomic mass is 35.5.